The highest BCUT2D eigenvalue weighted by Gasteiger charge is 2.44. The maximum atomic E-state index is 12.8. The van der Waals surface area contributed by atoms with Crippen molar-refractivity contribution in [3.8, 4) is 0 Å². The van der Waals surface area contributed by atoms with Gasteiger partial charge in [-0.25, -0.2) is 0 Å². The molecule has 0 bridgehead atoms. The third-order valence-corrected chi connectivity index (χ3v) is 10.5. The summed E-state index contributed by atoms with van der Waals surface area (Å²) in [5.41, 5.74) is 0. The zero-order valence-electron chi connectivity index (χ0n) is 36.1. The van der Waals surface area contributed by atoms with Crippen LogP contribution in [0.15, 0.2) is 36.5 Å². The first-order valence-corrected chi connectivity index (χ1v) is 23.1. The van der Waals surface area contributed by atoms with Crippen molar-refractivity contribution in [2.45, 2.75) is 230 Å². The fourth-order valence-corrected chi connectivity index (χ4v) is 6.80. The number of aliphatic hydroxyl groups excluding tert-OH is 4. The molecule has 0 aliphatic carbocycles. The Morgan fingerprint density at radius 1 is 0.544 bits per heavy atom. The van der Waals surface area contributed by atoms with Gasteiger partial charge in [-0.05, 0) is 70.6 Å². The molecule has 57 heavy (non-hydrogen) atoms. The Labute approximate surface area is 346 Å². The highest BCUT2D eigenvalue weighted by molar-refractivity contribution is 5.70. The lowest BCUT2D eigenvalue weighted by Gasteiger charge is -2.39. The first kappa shape index (κ1) is 52.9. The van der Waals surface area contributed by atoms with Crippen molar-refractivity contribution in [3.63, 3.8) is 0 Å². The number of aliphatic hydroxyl groups is 4. The molecule has 0 aromatic rings. The van der Waals surface area contributed by atoms with Crippen molar-refractivity contribution in [2.24, 2.45) is 0 Å². The number of hydrogen-bond acceptors (Lipinski definition) is 10. The number of carbonyl (C=O) groups is 2. The zero-order valence-corrected chi connectivity index (χ0v) is 36.1. The number of rotatable bonds is 38. The van der Waals surface area contributed by atoms with E-state index in [1.54, 1.807) is 0 Å². The molecule has 10 nitrogen and oxygen atoms in total. The van der Waals surface area contributed by atoms with Crippen molar-refractivity contribution in [3.05, 3.63) is 36.5 Å². The van der Waals surface area contributed by atoms with Gasteiger partial charge in [0.1, 0.15) is 31.0 Å². The summed E-state index contributed by atoms with van der Waals surface area (Å²) in [5, 5.41) is 40.1. The van der Waals surface area contributed by atoms with E-state index in [9.17, 15) is 30.0 Å². The number of ether oxygens (including phenoxy) is 4. The minimum atomic E-state index is -1.60. The molecule has 0 saturated carbocycles. The second-order valence-electron chi connectivity index (χ2n) is 15.8. The average molecular weight is 809 g/mol. The van der Waals surface area contributed by atoms with E-state index in [-0.39, 0.29) is 32.0 Å². The molecular formula is C47H84O10. The van der Waals surface area contributed by atoms with Gasteiger partial charge in [0.2, 0.25) is 0 Å². The van der Waals surface area contributed by atoms with Gasteiger partial charge in [0.25, 0.3) is 0 Å². The monoisotopic (exact) mass is 809 g/mol. The number of hydrogen-bond donors (Lipinski definition) is 4. The first-order valence-electron chi connectivity index (χ1n) is 23.1. The molecule has 1 saturated heterocycles. The van der Waals surface area contributed by atoms with Crippen LogP contribution in [-0.4, -0.2) is 89.0 Å². The minimum Gasteiger partial charge on any atom is -0.462 e. The molecule has 4 N–H and O–H groups in total. The predicted octanol–water partition coefficient (Wildman–Crippen LogP) is 9.89. The Hall–Kier alpha value is -2.08. The summed E-state index contributed by atoms with van der Waals surface area (Å²) in [6.07, 6.45) is 35.7. The smallest absolute Gasteiger partial charge is 0.306 e. The molecule has 1 rings (SSSR count). The normalized spacial score (nSPS) is 20.6. The van der Waals surface area contributed by atoms with E-state index in [0.29, 0.717) is 12.8 Å². The third kappa shape index (κ3) is 29.7. The van der Waals surface area contributed by atoms with Crippen LogP contribution in [0.5, 0.6) is 0 Å². The molecule has 1 aliphatic rings. The zero-order chi connectivity index (χ0) is 41.6. The van der Waals surface area contributed by atoms with E-state index < -0.39 is 49.4 Å². The molecule has 1 fully saturated rings. The fourth-order valence-electron chi connectivity index (χ4n) is 6.80. The second-order valence-corrected chi connectivity index (χ2v) is 15.8. The van der Waals surface area contributed by atoms with Gasteiger partial charge in [-0.2, -0.15) is 0 Å². The molecule has 6 atom stereocenters. The molecule has 10 heteroatoms. The average Bonchev–Trinajstić information content (AvgIpc) is 3.21. The molecule has 0 aromatic carbocycles. The lowest BCUT2D eigenvalue weighted by Crippen LogP contribution is -2.59. The summed E-state index contributed by atoms with van der Waals surface area (Å²) in [4.78, 5) is 25.3. The second kappa shape index (κ2) is 38.1. The van der Waals surface area contributed by atoms with E-state index in [0.717, 1.165) is 64.2 Å². The van der Waals surface area contributed by atoms with E-state index in [1.807, 2.05) is 0 Å². The van der Waals surface area contributed by atoms with Crippen LogP contribution in [0.4, 0.5) is 0 Å². The Morgan fingerprint density at radius 3 is 1.51 bits per heavy atom. The number of esters is 2. The highest BCUT2D eigenvalue weighted by Crippen LogP contribution is 2.22. The Kier molecular flexibility index (Phi) is 35.4. The molecule has 6 unspecified atom stereocenters. The summed E-state index contributed by atoms with van der Waals surface area (Å²) >= 11 is 0. The van der Waals surface area contributed by atoms with Gasteiger partial charge in [0, 0.05) is 12.8 Å². The number of carbonyl (C=O) groups excluding carboxylic acids is 2. The van der Waals surface area contributed by atoms with E-state index in [4.69, 9.17) is 18.9 Å². The van der Waals surface area contributed by atoms with Crippen molar-refractivity contribution < 1.29 is 49.0 Å². The van der Waals surface area contributed by atoms with Crippen LogP contribution in [0.3, 0.4) is 0 Å². The molecule has 0 amide bonds. The summed E-state index contributed by atoms with van der Waals surface area (Å²) < 4.78 is 22.2. The maximum Gasteiger partial charge on any atom is 0.306 e. The Bertz CT molecular complexity index is 1030. The first-order chi connectivity index (χ1) is 27.8. The van der Waals surface area contributed by atoms with Gasteiger partial charge in [0.15, 0.2) is 12.4 Å². The summed E-state index contributed by atoms with van der Waals surface area (Å²) in [6, 6.07) is 0. The van der Waals surface area contributed by atoms with Crippen LogP contribution in [0.2, 0.25) is 0 Å². The molecule has 1 aliphatic heterocycles. The van der Waals surface area contributed by atoms with Crippen molar-refractivity contribution in [2.75, 3.05) is 19.8 Å². The summed E-state index contributed by atoms with van der Waals surface area (Å²) in [5.74, 6) is -0.819. The van der Waals surface area contributed by atoms with Crippen LogP contribution in [0.25, 0.3) is 0 Å². The van der Waals surface area contributed by atoms with Gasteiger partial charge >= 0.3 is 11.9 Å². The maximum absolute atomic E-state index is 12.8. The minimum absolute atomic E-state index is 0.223. The van der Waals surface area contributed by atoms with Crippen molar-refractivity contribution >= 4 is 11.9 Å². The largest absolute Gasteiger partial charge is 0.462 e. The topological polar surface area (TPSA) is 152 Å². The highest BCUT2D eigenvalue weighted by atomic mass is 16.7. The van der Waals surface area contributed by atoms with Crippen molar-refractivity contribution in [1.82, 2.24) is 0 Å². The van der Waals surface area contributed by atoms with Crippen LogP contribution in [0.1, 0.15) is 194 Å². The summed E-state index contributed by atoms with van der Waals surface area (Å²) in [6.45, 7) is 3.37. The molecular weight excluding hydrogens is 725 g/mol. The molecule has 1 heterocycles. The number of unbranched alkanes of at least 4 members (excludes halogenated alkanes) is 21. The standard InChI is InChI=1S/C47H84O10/c1-3-5-7-9-11-13-15-17-18-19-20-21-22-24-26-28-30-32-34-36-43(50)56-40(39-55-47-46(53)45(52)44(51)41(37-48)57-47)38-54-42(49)35-33-31-29-27-25-23-16-14-12-10-8-6-4-2/h11,13-14,16-18,40-41,44-48,51-53H,3-10,12,15,19-39H2,1-2H3/b13-11-,16-14-,18-17-. The summed E-state index contributed by atoms with van der Waals surface area (Å²) in [7, 11) is 0. The van der Waals surface area contributed by atoms with Gasteiger partial charge in [-0.3, -0.25) is 9.59 Å². The molecule has 0 aromatic heterocycles. The molecule has 0 radical (unpaired) electrons. The molecule has 332 valence electrons. The van der Waals surface area contributed by atoms with E-state index >= 15 is 0 Å². The van der Waals surface area contributed by atoms with E-state index in [1.165, 1.54) is 89.9 Å². The van der Waals surface area contributed by atoms with Crippen LogP contribution in [-0.2, 0) is 28.5 Å². The Balaban J connectivity index is 2.31. The van der Waals surface area contributed by atoms with Gasteiger partial charge in [-0.1, -0.05) is 147 Å². The lowest BCUT2D eigenvalue weighted by molar-refractivity contribution is -0.305. The van der Waals surface area contributed by atoms with Crippen molar-refractivity contribution in [1.29, 1.82) is 0 Å². The SMILES string of the molecule is CCCCC/C=C\C/C=C\CCCCCCCCCCCC(=O)OC(COC(=O)CCCCCCC/C=C\CCCCCC)COC1OC(CO)C(O)C(O)C1O. The number of allylic oxidation sites excluding steroid dienone is 6. The Morgan fingerprint density at radius 2 is 0.982 bits per heavy atom. The predicted molar refractivity (Wildman–Crippen MR) is 229 cm³/mol. The quantitative estimate of drug-likeness (QED) is 0.0270. The van der Waals surface area contributed by atoms with Gasteiger partial charge < -0.3 is 39.4 Å². The van der Waals surface area contributed by atoms with Gasteiger partial charge in [0.05, 0.1) is 13.2 Å². The third-order valence-electron chi connectivity index (χ3n) is 10.5. The fraction of sp³-hybridized carbons (Fsp3) is 0.830. The van der Waals surface area contributed by atoms with E-state index in [2.05, 4.69) is 50.3 Å². The van der Waals surface area contributed by atoms with Crippen LogP contribution < -0.4 is 0 Å². The van der Waals surface area contributed by atoms with Gasteiger partial charge in [-0.15, -0.1) is 0 Å². The van der Waals surface area contributed by atoms with Crippen LogP contribution >= 0.6 is 0 Å². The lowest BCUT2D eigenvalue weighted by atomic mass is 9.99. The molecule has 0 spiro atoms. The van der Waals surface area contributed by atoms with Crippen LogP contribution in [0, 0.1) is 0 Å².